The van der Waals surface area contributed by atoms with Crippen LogP contribution in [0.2, 0.25) is 0 Å². The third kappa shape index (κ3) is 2.15. The summed E-state index contributed by atoms with van der Waals surface area (Å²) < 4.78 is 5.20. The van der Waals surface area contributed by atoms with Crippen molar-refractivity contribution in [2.75, 3.05) is 11.9 Å². The van der Waals surface area contributed by atoms with Gasteiger partial charge in [0.1, 0.15) is 11.5 Å². The Kier molecular flexibility index (Phi) is 2.41. The molecule has 0 atom stereocenters. The lowest BCUT2D eigenvalue weighted by Crippen LogP contribution is -2.25. The first-order valence-electron chi connectivity index (χ1n) is 4.70. The van der Waals surface area contributed by atoms with Gasteiger partial charge in [0.25, 0.3) is 5.91 Å². The minimum atomic E-state index is -0.164. The molecule has 0 fully saturated rings. The molecule has 0 spiro atoms. The van der Waals surface area contributed by atoms with Crippen LogP contribution in [0.1, 0.15) is 12.5 Å². The van der Waals surface area contributed by atoms with E-state index in [1.807, 2.05) is 6.07 Å². The number of carbonyl (C=O) groups excluding carboxylic acids is 2. The molecule has 1 N–H and O–H groups in total. The van der Waals surface area contributed by atoms with E-state index in [0.717, 1.165) is 5.56 Å². The molecule has 1 aliphatic heterocycles. The van der Waals surface area contributed by atoms with Crippen molar-refractivity contribution in [3.63, 3.8) is 0 Å². The Balaban J connectivity index is 2.28. The molecule has 1 aromatic rings. The van der Waals surface area contributed by atoms with Crippen molar-refractivity contribution < 1.29 is 14.3 Å². The second kappa shape index (κ2) is 3.73. The average Bonchev–Trinajstić information content (AvgIpc) is 2.16. The zero-order valence-corrected chi connectivity index (χ0v) is 8.37. The number of benzene rings is 1. The van der Waals surface area contributed by atoms with E-state index in [-0.39, 0.29) is 18.3 Å². The first-order valence-corrected chi connectivity index (χ1v) is 4.70. The predicted molar refractivity (Wildman–Crippen MR) is 55.0 cm³/mol. The summed E-state index contributed by atoms with van der Waals surface area (Å²) >= 11 is 0. The van der Waals surface area contributed by atoms with Gasteiger partial charge in [0, 0.05) is 6.42 Å². The highest BCUT2D eigenvalue weighted by molar-refractivity contribution is 5.95. The van der Waals surface area contributed by atoms with Crippen molar-refractivity contribution in [2.45, 2.75) is 13.3 Å². The molecule has 0 bridgehead atoms. The molecule has 0 unspecified atom stereocenters. The fourth-order valence-electron chi connectivity index (χ4n) is 1.53. The van der Waals surface area contributed by atoms with Crippen LogP contribution in [0.4, 0.5) is 5.69 Å². The molecule has 4 heteroatoms. The van der Waals surface area contributed by atoms with Gasteiger partial charge in [-0.2, -0.15) is 0 Å². The summed E-state index contributed by atoms with van der Waals surface area (Å²) in [4.78, 5) is 22.0. The van der Waals surface area contributed by atoms with E-state index in [4.69, 9.17) is 4.74 Å². The maximum absolute atomic E-state index is 11.1. The number of anilines is 1. The Labute approximate surface area is 87.2 Å². The number of ether oxygens (including phenoxy) is 1. The van der Waals surface area contributed by atoms with Gasteiger partial charge in [-0.25, -0.2) is 0 Å². The molecule has 0 saturated carbocycles. The van der Waals surface area contributed by atoms with Gasteiger partial charge in [-0.1, -0.05) is 6.07 Å². The van der Waals surface area contributed by atoms with E-state index >= 15 is 0 Å². The topological polar surface area (TPSA) is 55.4 Å². The van der Waals surface area contributed by atoms with E-state index in [1.54, 1.807) is 12.1 Å². The van der Waals surface area contributed by atoms with E-state index in [9.17, 15) is 9.59 Å². The Morgan fingerprint density at radius 2 is 2.33 bits per heavy atom. The van der Waals surface area contributed by atoms with Crippen molar-refractivity contribution >= 4 is 17.4 Å². The summed E-state index contributed by atoms with van der Waals surface area (Å²) in [7, 11) is 0. The summed E-state index contributed by atoms with van der Waals surface area (Å²) in [6.45, 7) is 1.59. The van der Waals surface area contributed by atoms with Gasteiger partial charge >= 0.3 is 0 Å². The molecule has 1 aliphatic rings. The van der Waals surface area contributed by atoms with E-state index in [0.29, 0.717) is 17.9 Å². The number of fused-ring (bicyclic) bond motifs is 1. The van der Waals surface area contributed by atoms with E-state index in [2.05, 4.69) is 5.32 Å². The summed E-state index contributed by atoms with van der Waals surface area (Å²) in [6, 6.07) is 5.37. The summed E-state index contributed by atoms with van der Waals surface area (Å²) in [6.07, 6.45) is 0.378. The van der Waals surface area contributed by atoms with Gasteiger partial charge in [0.2, 0.25) is 0 Å². The number of hydrogen-bond acceptors (Lipinski definition) is 3. The molecule has 2 rings (SSSR count). The van der Waals surface area contributed by atoms with E-state index in [1.165, 1.54) is 6.92 Å². The molecule has 4 nitrogen and oxygen atoms in total. The monoisotopic (exact) mass is 205 g/mol. The summed E-state index contributed by atoms with van der Waals surface area (Å²) in [5.41, 5.74) is 1.53. The van der Waals surface area contributed by atoms with Crippen molar-refractivity contribution in [1.82, 2.24) is 0 Å². The first kappa shape index (κ1) is 9.71. The molecule has 78 valence electrons. The van der Waals surface area contributed by atoms with Crippen LogP contribution in [0.25, 0.3) is 0 Å². The van der Waals surface area contributed by atoms with Crippen LogP contribution in [0.15, 0.2) is 18.2 Å². The molecule has 0 radical (unpaired) electrons. The third-order valence-corrected chi connectivity index (χ3v) is 2.13. The molecule has 15 heavy (non-hydrogen) atoms. The van der Waals surface area contributed by atoms with Crippen molar-refractivity contribution in [1.29, 1.82) is 0 Å². The van der Waals surface area contributed by atoms with Crippen molar-refractivity contribution in [2.24, 2.45) is 0 Å². The number of Topliss-reactive ketones (excluding diaryl/α,β-unsaturated/α-hetero) is 1. The second-order valence-electron chi connectivity index (χ2n) is 3.55. The fourth-order valence-corrected chi connectivity index (χ4v) is 1.53. The van der Waals surface area contributed by atoms with Gasteiger partial charge in [0.15, 0.2) is 6.61 Å². The number of ketones is 1. The Morgan fingerprint density at radius 1 is 1.53 bits per heavy atom. The van der Waals surface area contributed by atoms with Crippen LogP contribution in [0.5, 0.6) is 5.75 Å². The lowest BCUT2D eigenvalue weighted by molar-refractivity contribution is -0.118. The average molecular weight is 205 g/mol. The van der Waals surface area contributed by atoms with Gasteiger partial charge in [-0.15, -0.1) is 0 Å². The minimum absolute atomic E-state index is 0.0546. The number of carbonyl (C=O) groups is 2. The minimum Gasteiger partial charge on any atom is -0.482 e. The lowest BCUT2D eigenvalue weighted by Gasteiger charge is -2.18. The zero-order valence-electron chi connectivity index (χ0n) is 8.37. The Hall–Kier alpha value is -1.84. The highest BCUT2D eigenvalue weighted by atomic mass is 16.5. The molecule has 0 aliphatic carbocycles. The fraction of sp³-hybridized carbons (Fsp3) is 0.273. The van der Waals surface area contributed by atoms with Crippen LogP contribution < -0.4 is 10.1 Å². The maximum Gasteiger partial charge on any atom is 0.262 e. The smallest absolute Gasteiger partial charge is 0.262 e. The predicted octanol–water partition coefficient (Wildman–Crippen LogP) is 1.15. The second-order valence-corrected chi connectivity index (χ2v) is 3.55. The van der Waals surface area contributed by atoms with Gasteiger partial charge in [-0.05, 0) is 24.6 Å². The zero-order chi connectivity index (χ0) is 10.8. The molecular weight excluding hydrogens is 194 g/mol. The third-order valence-electron chi connectivity index (χ3n) is 2.13. The number of nitrogens with one attached hydrogen (secondary N) is 1. The Bertz CT molecular complexity index is 426. The van der Waals surface area contributed by atoms with Crippen molar-refractivity contribution in [3.05, 3.63) is 23.8 Å². The molecular formula is C11H11NO3. The standard InChI is InChI=1S/C11H11NO3/c1-7(13)4-8-2-3-10-9(5-8)12-11(14)6-15-10/h2-3,5H,4,6H2,1H3,(H,12,14). The van der Waals surface area contributed by atoms with Crippen LogP contribution >= 0.6 is 0 Å². The summed E-state index contributed by atoms with van der Waals surface area (Å²) in [5, 5.41) is 2.70. The van der Waals surface area contributed by atoms with Gasteiger partial charge in [-0.3, -0.25) is 9.59 Å². The molecule has 0 aromatic heterocycles. The van der Waals surface area contributed by atoms with Gasteiger partial charge in [0.05, 0.1) is 5.69 Å². The molecule has 1 heterocycles. The first-order chi connectivity index (χ1) is 7.15. The highest BCUT2D eigenvalue weighted by Crippen LogP contribution is 2.28. The van der Waals surface area contributed by atoms with Crippen LogP contribution in [0.3, 0.4) is 0 Å². The number of rotatable bonds is 2. The Morgan fingerprint density at radius 3 is 3.07 bits per heavy atom. The molecule has 1 amide bonds. The maximum atomic E-state index is 11.1. The molecule has 0 saturated heterocycles. The SMILES string of the molecule is CC(=O)Cc1ccc2c(c1)NC(=O)CO2. The van der Waals surface area contributed by atoms with Crippen LogP contribution in [-0.4, -0.2) is 18.3 Å². The molecule has 1 aromatic carbocycles. The largest absolute Gasteiger partial charge is 0.482 e. The normalized spacial score (nSPS) is 13.8. The number of amides is 1. The van der Waals surface area contributed by atoms with Crippen LogP contribution in [-0.2, 0) is 16.0 Å². The van der Waals surface area contributed by atoms with Crippen LogP contribution in [0, 0.1) is 0 Å². The summed E-state index contributed by atoms with van der Waals surface area (Å²) in [5.74, 6) is 0.586. The lowest BCUT2D eigenvalue weighted by atomic mass is 10.1. The van der Waals surface area contributed by atoms with Crippen molar-refractivity contribution in [3.8, 4) is 5.75 Å². The number of hydrogen-bond donors (Lipinski definition) is 1. The van der Waals surface area contributed by atoms with Gasteiger partial charge < -0.3 is 10.1 Å². The quantitative estimate of drug-likeness (QED) is 0.787. The highest BCUT2D eigenvalue weighted by Gasteiger charge is 2.15. The van der Waals surface area contributed by atoms with E-state index < -0.39 is 0 Å².